The molecule has 0 spiro atoms. The third kappa shape index (κ3) is 5.80. The summed E-state index contributed by atoms with van der Waals surface area (Å²) < 4.78 is 0. The topological polar surface area (TPSA) is 3.24 Å². The molecule has 0 unspecified atom stereocenters. The molecule has 0 aromatic heterocycles. The van der Waals surface area contributed by atoms with E-state index in [1.54, 1.807) is 0 Å². The van der Waals surface area contributed by atoms with E-state index in [9.17, 15) is 0 Å². The molecule has 0 heterocycles. The first kappa shape index (κ1) is 28.5. The van der Waals surface area contributed by atoms with E-state index in [0.717, 1.165) is 29.9 Å². The van der Waals surface area contributed by atoms with Crippen molar-refractivity contribution in [2.45, 2.75) is 12.8 Å². The summed E-state index contributed by atoms with van der Waals surface area (Å²) in [6.45, 7) is 0. The van der Waals surface area contributed by atoms with E-state index in [0.29, 0.717) is 0 Å². The zero-order chi connectivity index (χ0) is 31.4. The Morgan fingerprint density at radius 2 is 1.04 bits per heavy atom. The minimum absolute atomic E-state index is 1.09. The fourth-order valence-electron chi connectivity index (χ4n) is 6.74. The van der Waals surface area contributed by atoms with Gasteiger partial charge in [-0.3, -0.25) is 0 Å². The zero-order valence-electron chi connectivity index (χ0n) is 26.3. The molecule has 0 bridgehead atoms. The highest BCUT2D eigenvalue weighted by molar-refractivity contribution is 6.00. The third-order valence-electron chi connectivity index (χ3n) is 9.09. The molecule has 224 valence electrons. The molecular formula is C46H35N. The number of fused-ring (bicyclic) bond motifs is 1. The van der Waals surface area contributed by atoms with E-state index in [2.05, 4.69) is 193 Å². The SMILES string of the molecule is C1=CC(c2cccc(-c3ccc(N(c4ccc(-c5ccccc5)cc4)c4cccc5ccccc45)cc3-c3ccccc3)c2)=CCC1. The van der Waals surface area contributed by atoms with Gasteiger partial charge in [0.1, 0.15) is 0 Å². The molecule has 7 aromatic rings. The molecule has 0 saturated heterocycles. The molecule has 1 nitrogen and oxygen atoms in total. The van der Waals surface area contributed by atoms with Crippen LogP contribution in [0.5, 0.6) is 0 Å². The van der Waals surface area contributed by atoms with Crippen LogP contribution >= 0.6 is 0 Å². The van der Waals surface area contributed by atoms with Crippen LogP contribution in [0.15, 0.2) is 188 Å². The van der Waals surface area contributed by atoms with Gasteiger partial charge < -0.3 is 4.90 Å². The standard InChI is InChI=1S/C46H35N/c1-4-14-34(15-5-1)36-26-28-41(29-27-36)47(46-25-13-21-37-20-10-11-24-44(37)46)42-30-31-43(45(33-42)38-18-8-3-9-19-38)40-23-12-22-39(32-40)35-16-6-2-7-17-35/h1,3-6,8-33H,2,7H2. The van der Waals surface area contributed by atoms with E-state index in [4.69, 9.17) is 0 Å². The van der Waals surface area contributed by atoms with Gasteiger partial charge in [-0.2, -0.15) is 0 Å². The molecule has 0 saturated carbocycles. The van der Waals surface area contributed by atoms with Gasteiger partial charge in [-0.1, -0.05) is 152 Å². The monoisotopic (exact) mass is 601 g/mol. The van der Waals surface area contributed by atoms with Crippen molar-refractivity contribution >= 4 is 33.4 Å². The molecule has 47 heavy (non-hydrogen) atoms. The molecule has 1 heteroatoms. The predicted octanol–water partition coefficient (Wildman–Crippen LogP) is 13.0. The minimum atomic E-state index is 1.09. The van der Waals surface area contributed by atoms with E-state index in [1.807, 2.05) is 0 Å². The molecule has 0 N–H and O–H groups in total. The second-order valence-electron chi connectivity index (χ2n) is 12.1. The first-order valence-electron chi connectivity index (χ1n) is 16.4. The Balaban J connectivity index is 1.31. The van der Waals surface area contributed by atoms with Crippen LogP contribution < -0.4 is 4.90 Å². The lowest BCUT2D eigenvalue weighted by molar-refractivity contribution is 1.04. The van der Waals surface area contributed by atoms with Crippen molar-refractivity contribution in [3.63, 3.8) is 0 Å². The van der Waals surface area contributed by atoms with Crippen LogP contribution in [-0.4, -0.2) is 0 Å². The predicted molar refractivity (Wildman–Crippen MR) is 201 cm³/mol. The maximum Gasteiger partial charge on any atom is 0.0540 e. The average molecular weight is 602 g/mol. The Morgan fingerprint density at radius 3 is 1.83 bits per heavy atom. The Labute approximate surface area is 277 Å². The molecular weight excluding hydrogens is 567 g/mol. The molecule has 1 aliphatic rings. The highest BCUT2D eigenvalue weighted by Gasteiger charge is 2.18. The lowest BCUT2D eigenvalue weighted by Gasteiger charge is -2.28. The second-order valence-corrected chi connectivity index (χ2v) is 12.1. The van der Waals surface area contributed by atoms with Crippen LogP contribution in [0.4, 0.5) is 17.1 Å². The second kappa shape index (κ2) is 12.8. The average Bonchev–Trinajstić information content (AvgIpc) is 3.16. The lowest BCUT2D eigenvalue weighted by Crippen LogP contribution is -2.11. The van der Waals surface area contributed by atoms with Gasteiger partial charge in [-0.25, -0.2) is 0 Å². The summed E-state index contributed by atoms with van der Waals surface area (Å²) in [7, 11) is 0. The summed E-state index contributed by atoms with van der Waals surface area (Å²) in [6, 6.07) is 61.5. The third-order valence-corrected chi connectivity index (χ3v) is 9.09. The van der Waals surface area contributed by atoms with Gasteiger partial charge in [0.15, 0.2) is 0 Å². The summed E-state index contributed by atoms with van der Waals surface area (Å²) >= 11 is 0. The van der Waals surface area contributed by atoms with Gasteiger partial charge in [0, 0.05) is 16.8 Å². The Hall–Kier alpha value is -5.92. The highest BCUT2D eigenvalue weighted by Crippen LogP contribution is 2.43. The van der Waals surface area contributed by atoms with Gasteiger partial charge in [0.05, 0.1) is 5.69 Å². The van der Waals surface area contributed by atoms with Gasteiger partial charge in [-0.15, -0.1) is 0 Å². The van der Waals surface area contributed by atoms with Crippen LogP contribution in [0, 0.1) is 0 Å². The first-order valence-corrected chi connectivity index (χ1v) is 16.4. The molecule has 8 rings (SSSR count). The number of nitrogens with zero attached hydrogens (tertiary/aromatic N) is 1. The van der Waals surface area contributed by atoms with Crippen molar-refractivity contribution in [2.24, 2.45) is 0 Å². The van der Waals surface area contributed by atoms with Crippen LogP contribution in [0.3, 0.4) is 0 Å². The fourth-order valence-corrected chi connectivity index (χ4v) is 6.74. The van der Waals surface area contributed by atoms with Crippen molar-refractivity contribution in [1.82, 2.24) is 0 Å². The quantitative estimate of drug-likeness (QED) is 0.176. The largest absolute Gasteiger partial charge is 0.310 e. The number of hydrogen-bond donors (Lipinski definition) is 0. The first-order chi connectivity index (χ1) is 23.3. The van der Waals surface area contributed by atoms with Gasteiger partial charge in [0.2, 0.25) is 0 Å². The summed E-state index contributed by atoms with van der Waals surface area (Å²) in [5.41, 5.74) is 13.2. The van der Waals surface area contributed by atoms with Crippen molar-refractivity contribution < 1.29 is 0 Å². The van der Waals surface area contributed by atoms with E-state index in [1.165, 1.54) is 55.3 Å². The van der Waals surface area contributed by atoms with Gasteiger partial charge >= 0.3 is 0 Å². The molecule has 0 aliphatic heterocycles. The van der Waals surface area contributed by atoms with Crippen LogP contribution in [0.2, 0.25) is 0 Å². The van der Waals surface area contributed by atoms with Crippen molar-refractivity contribution in [3.8, 4) is 33.4 Å². The van der Waals surface area contributed by atoms with Gasteiger partial charge in [-0.05, 0) is 99.1 Å². The summed E-state index contributed by atoms with van der Waals surface area (Å²) in [6.07, 6.45) is 9.10. The number of hydrogen-bond acceptors (Lipinski definition) is 1. The molecule has 0 fully saturated rings. The summed E-state index contributed by atoms with van der Waals surface area (Å²) in [5.74, 6) is 0. The number of rotatable bonds is 7. The highest BCUT2D eigenvalue weighted by atomic mass is 15.1. The van der Waals surface area contributed by atoms with E-state index in [-0.39, 0.29) is 0 Å². The minimum Gasteiger partial charge on any atom is -0.310 e. The number of benzene rings is 7. The Morgan fingerprint density at radius 1 is 0.404 bits per heavy atom. The van der Waals surface area contributed by atoms with Crippen molar-refractivity contribution in [1.29, 1.82) is 0 Å². The molecule has 0 atom stereocenters. The van der Waals surface area contributed by atoms with Crippen molar-refractivity contribution in [3.05, 3.63) is 194 Å². The fraction of sp³-hybridized carbons (Fsp3) is 0.0435. The molecule has 0 radical (unpaired) electrons. The summed E-state index contributed by atoms with van der Waals surface area (Å²) in [4.78, 5) is 2.40. The van der Waals surface area contributed by atoms with Gasteiger partial charge in [0.25, 0.3) is 0 Å². The van der Waals surface area contributed by atoms with Crippen LogP contribution in [-0.2, 0) is 0 Å². The number of anilines is 3. The molecule has 7 aromatic carbocycles. The molecule has 0 amide bonds. The smallest absolute Gasteiger partial charge is 0.0540 e. The van der Waals surface area contributed by atoms with E-state index >= 15 is 0 Å². The Kier molecular flexibility index (Phi) is 7.79. The molecule has 1 aliphatic carbocycles. The number of allylic oxidation sites excluding steroid dienone is 4. The van der Waals surface area contributed by atoms with Crippen molar-refractivity contribution in [2.75, 3.05) is 4.90 Å². The van der Waals surface area contributed by atoms with Crippen LogP contribution in [0.1, 0.15) is 18.4 Å². The zero-order valence-corrected chi connectivity index (χ0v) is 26.3. The Bertz CT molecular complexity index is 2220. The van der Waals surface area contributed by atoms with E-state index < -0.39 is 0 Å². The summed E-state index contributed by atoms with van der Waals surface area (Å²) in [5, 5.41) is 2.44. The maximum atomic E-state index is 2.40. The normalized spacial score (nSPS) is 12.6. The lowest BCUT2D eigenvalue weighted by atomic mass is 9.91. The van der Waals surface area contributed by atoms with Crippen LogP contribution in [0.25, 0.3) is 49.7 Å². The maximum absolute atomic E-state index is 2.40.